The number of fused-ring (bicyclic) bond motifs is 1. The summed E-state index contributed by atoms with van der Waals surface area (Å²) in [6, 6.07) is 9.03. The number of aliphatic carboxylic acids is 1. The van der Waals surface area contributed by atoms with Gasteiger partial charge in [-0.1, -0.05) is 37.1 Å². The van der Waals surface area contributed by atoms with Gasteiger partial charge < -0.3 is 5.11 Å². The van der Waals surface area contributed by atoms with E-state index in [1.165, 1.54) is 36.8 Å². The summed E-state index contributed by atoms with van der Waals surface area (Å²) in [5.41, 5.74) is 2.87. The highest BCUT2D eigenvalue weighted by molar-refractivity contribution is 5.69. The Balaban J connectivity index is 1.67. The van der Waals surface area contributed by atoms with Crippen LogP contribution in [0, 0.1) is 0 Å². The SMILES string of the molecule is O=C(O)CN(CC1Cc2ccccc21)C1CCCC1. The fraction of sp³-hybridized carbons (Fsp3) is 0.562. The van der Waals surface area contributed by atoms with Crippen LogP contribution in [-0.4, -0.2) is 35.1 Å². The van der Waals surface area contributed by atoms with Gasteiger partial charge in [0.25, 0.3) is 0 Å². The molecule has 0 spiro atoms. The number of hydrogen-bond donors (Lipinski definition) is 1. The Morgan fingerprint density at radius 2 is 2.00 bits per heavy atom. The quantitative estimate of drug-likeness (QED) is 0.883. The number of carboxylic acids is 1. The molecule has 0 saturated heterocycles. The summed E-state index contributed by atoms with van der Waals surface area (Å²) in [4.78, 5) is 13.3. The maximum absolute atomic E-state index is 11.1. The Bertz CT molecular complexity index is 466. The lowest BCUT2D eigenvalue weighted by Crippen LogP contribution is -2.42. The lowest BCUT2D eigenvalue weighted by Gasteiger charge is -2.36. The van der Waals surface area contributed by atoms with Crippen LogP contribution < -0.4 is 0 Å². The summed E-state index contributed by atoms with van der Waals surface area (Å²) >= 11 is 0. The molecule has 1 fully saturated rings. The van der Waals surface area contributed by atoms with Crippen molar-refractivity contribution in [2.24, 2.45) is 0 Å². The largest absolute Gasteiger partial charge is 0.480 e. The summed E-state index contributed by atoms with van der Waals surface area (Å²) in [5, 5.41) is 9.10. The lowest BCUT2D eigenvalue weighted by atomic mass is 9.77. The minimum absolute atomic E-state index is 0.198. The van der Waals surface area contributed by atoms with E-state index in [0.29, 0.717) is 12.0 Å². The molecule has 1 N–H and O–H groups in total. The predicted octanol–water partition coefficient (Wildman–Crippen LogP) is 2.66. The third-order valence-electron chi connectivity index (χ3n) is 4.60. The maximum atomic E-state index is 11.1. The van der Waals surface area contributed by atoms with Gasteiger partial charge in [-0.3, -0.25) is 9.69 Å². The van der Waals surface area contributed by atoms with Crippen LogP contribution in [0.15, 0.2) is 24.3 Å². The highest BCUT2D eigenvalue weighted by atomic mass is 16.4. The lowest BCUT2D eigenvalue weighted by molar-refractivity contribution is -0.139. The van der Waals surface area contributed by atoms with Crippen LogP contribution in [0.5, 0.6) is 0 Å². The van der Waals surface area contributed by atoms with E-state index in [-0.39, 0.29) is 6.54 Å². The highest BCUT2D eigenvalue weighted by Crippen LogP contribution is 2.36. The molecule has 3 heteroatoms. The van der Waals surface area contributed by atoms with Gasteiger partial charge in [0, 0.05) is 18.5 Å². The van der Waals surface area contributed by atoms with Crippen LogP contribution in [0.2, 0.25) is 0 Å². The molecule has 1 aromatic rings. The van der Waals surface area contributed by atoms with Crippen molar-refractivity contribution in [1.82, 2.24) is 4.90 Å². The summed E-state index contributed by atoms with van der Waals surface area (Å²) in [5.74, 6) is -0.157. The zero-order valence-electron chi connectivity index (χ0n) is 11.2. The molecule has 1 atom stereocenters. The first-order valence-corrected chi connectivity index (χ1v) is 7.27. The summed E-state index contributed by atoms with van der Waals surface area (Å²) in [6.07, 6.45) is 5.95. The van der Waals surface area contributed by atoms with E-state index in [9.17, 15) is 4.79 Å². The van der Waals surface area contributed by atoms with E-state index in [0.717, 1.165) is 13.0 Å². The van der Waals surface area contributed by atoms with Crippen LogP contribution in [-0.2, 0) is 11.2 Å². The molecule has 1 unspecified atom stereocenters. The standard InChI is InChI=1S/C16H21NO2/c18-16(19)11-17(14-6-2-3-7-14)10-13-9-12-5-1-4-8-15(12)13/h1,4-5,8,13-14H,2-3,6-7,9-11H2,(H,18,19). The highest BCUT2D eigenvalue weighted by Gasteiger charge is 2.31. The van der Waals surface area contributed by atoms with E-state index in [4.69, 9.17) is 5.11 Å². The van der Waals surface area contributed by atoms with E-state index >= 15 is 0 Å². The van der Waals surface area contributed by atoms with E-state index in [1.54, 1.807) is 0 Å². The fourth-order valence-corrected chi connectivity index (χ4v) is 3.59. The molecule has 0 radical (unpaired) electrons. The molecule has 2 aliphatic carbocycles. The van der Waals surface area contributed by atoms with E-state index in [1.807, 2.05) is 0 Å². The molecular weight excluding hydrogens is 238 g/mol. The van der Waals surface area contributed by atoms with Gasteiger partial charge in [0.1, 0.15) is 0 Å². The molecular formula is C16H21NO2. The fourth-order valence-electron chi connectivity index (χ4n) is 3.59. The number of carbonyl (C=O) groups is 1. The second-order valence-corrected chi connectivity index (χ2v) is 5.86. The Labute approximate surface area is 114 Å². The zero-order chi connectivity index (χ0) is 13.2. The summed E-state index contributed by atoms with van der Waals surface area (Å²) in [6.45, 7) is 1.11. The molecule has 0 heterocycles. The van der Waals surface area contributed by atoms with Gasteiger partial charge in [-0.05, 0) is 30.4 Å². The molecule has 0 aliphatic heterocycles. The second-order valence-electron chi connectivity index (χ2n) is 5.86. The Hall–Kier alpha value is -1.35. The Kier molecular flexibility index (Phi) is 3.56. The Morgan fingerprint density at radius 3 is 2.68 bits per heavy atom. The van der Waals surface area contributed by atoms with Gasteiger partial charge in [-0.25, -0.2) is 0 Å². The van der Waals surface area contributed by atoms with Gasteiger partial charge in [0.05, 0.1) is 6.54 Å². The summed E-state index contributed by atoms with van der Waals surface area (Å²) in [7, 11) is 0. The van der Waals surface area contributed by atoms with Crippen molar-refractivity contribution in [3.63, 3.8) is 0 Å². The van der Waals surface area contributed by atoms with Crippen molar-refractivity contribution in [1.29, 1.82) is 0 Å². The van der Waals surface area contributed by atoms with Crippen LogP contribution in [0.25, 0.3) is 0 Å². The molecule has 1 saturated carbocycles. The van der Waals surface area contributed by atoms with Gasteiger partial charge in [-0.2, -0.15) is 0 Å². The molecule has 0 aromatic heterocycles. The third kappa shape index (κ3) is 2.66. The monoisotopic (exact) mass is 259 g/mol. The van der Waals surface area contributed by atoms with Gasteiger partial charge >= 0.3 is 5.97 Å². The molecule has 3 rings (SSSR count). The van der Waals surface area contributed by atoms with Crippen molar-refractivity contribution >= 4 is 5.97 Å². The molecule has 0 bridgehead atoms. The molecule has 2 aliphatic rings. The molecule has 1 aromatic carbocycles. The van der Waals surface area contributed by atoms with Crippen LogP contribution in [0.4, 0.5) is 0 Å². The zero-order valence-corrected chi connectivity index (χ0v) is 11.2. The van der Waals surface area contributed by atoms with Crippen LogP contribution in [0.3, 0.4) is 0 Å². The maximum Gasteiger partial charge on any atom is 0.317 e. The van der Waals surface area contributed by atoms with Crippen molar-refractivity contribution in [2.75, 3.05) is 13.1 Å². The average Bonchev–Trinajstić information content (AvgIpc) is 2.88. The van der Waals surface area contributed by atoms with Crippen LogP contribution >= 0.6 is 0 Å². The second kappa shape index (κ2) is 5.33. The molecule has 0 amide bonds. The molecule has 19 heavy (non-hydrogen) atoms. The van der Waals surface area contributed by atoms with Crippen LogP contribution in [0.1, 0.15) is 42.7 Å². The van der Waals surface area contributed by atoms with Gasteiger partial charge in [-0.15, -0.1) is 0 Å². The average molecular weight is 259 g/mol. The first kappa shape index (κ1) is 12.7. The summed E-state index contributed by atoms with van der Waals surface area (Å²) < 4.78 is 0. The first-order chi connectivity index (χ1) is 9.24. The van der Waals surface area contributed by atoms with Crippen molar-refractivity contribution < 1.29 is 9.90 Å². The van der Waals surface area contributed by atoms with Gasteiger partial charge in [0.15, 0.2) is 0 Å². The number of benzene rings is 1. The smallest absolute Gasteiger partial charge is 0.317 e. The number of rotatable bonds is 5. The number of hydrogen-bond acceptors (Lipinski definition) is 2. The first-order valence-electron chi connectivity index (χ1n) is 7.27. The van der Waals surface area contributed by atoms with E-state index < -0.39 is 5.97 Å². The predicted molar refractivity (Wildman–Crippen MR) is 74.4 cm³/mol. The Morgan fingerprint density at radius 1 is 1.26 bits per heavy atom. The molecule has 102 valence electrons. The third-order valence-corrected chi connectivity index (χ3v) is 4.60. The number of nitrogens with zero attached hydrogens (tertiary/aromatic N) is 1. The topological polar surface area (TPSA) is 40.5 Å². The minimum atomic E-state index is -0.695. The molecule has 3 nitrogen and oxygen atoms in total. The van der Waals surface area contributed by atoms with E-state index in [2.05, 4.69) is 29.2 Å². The van der Waals surface area contributed by atoms with Crippen molar-refractivity contribution in [3.8, 4) is 0 Å². The van der Waals surface area contributed by atoms with Gasteiger partial charge in [0.2, 0.25) is 0 Å². The van der Waals surface area contributed by atoms with Crippen molar-refractivity contribution in [2.45, 2.75) is 44.1 Å². The minimum Gasteiger partial charge on any atom is -0.480 e. The number of carboxylic acid groups (broad SMARTS) is 1. The normalized spacial score (nSPS) is 22.3. The van der Waals surface area contributed by atoms with Crippen molar-refractivity contribution in [3.05, 3.63) is 35.4 Å².